The van der Waals surface area contributed by atoms with Crippen molar-refractivity contribution < 1.29 is 24.2 Å². The first-order valence-electron chi connectivity index (χ1n) is 10.3. The Kier molecular flexibility index (Phi) is 8.27. The zero-order valence-electron chi connectivity index (χ0n) is 18.2. The number of carboxylic acids is 1. The third-order valence-electron chi connectivity index (χ3n) is 4.64. The molecule has 0 heterocycles. The van der Waals surface area contributed by atoms with Crippen molar-refractivity contribution in [3.05, 3.63) is 94.0 Å². The first-order valence-corrected chi connectivity index (χ1v) is 10.7. The highest BCUT2D eigenvalue weighted by Crippen LogP contribution is 2.38. The molecule has 172 valence electrons. The van der Waals surface area contributed by atoms with E-state index < -0.39 is 11.9 Å². The monoisotopic (exact) mass is 476 g/mol. The van der Waals surface area contributed by atoms with Crippen LogP contribution < -0.4 is 14.8 Å². The van der Waals surface area contributed by atoms with Crippen LogP contribution in [0.3, 0.4) is 0 Å². The van der Waals surface area contributed by atoms with Gasteiger partial charge in [-0.25, -0.2) is 4.79 Å². The van der Waals surface area contributed by atoms with Gasteiger partial charge in [-0.2, -0.15) is 5.26 Å². The quantitative estimate of drug-likeness (QED) is 0.309. The van der Waals surface area contributed by atoms with Gasteiger partial charge in [-0.15, -0.1) is 0 Å². The highest BCUT2D eigenvalue weighted by atomic mass is 35.5. The van der Waals surface area contributed by atoms with E-state index in [1.807, 2.05) is 43.3 Å². The van der Waals surface area contributed by atoms with Gasteiger partial charge in [-0.1, -0.05) is 54.1 Å². The third-order valence-corrected chi connectivity index (χ3v) is 4.92. The van der Waals surface area contributed by atoms with E-state index in [1.54, 1.807) is 24.3 Å². The smallest absolute Gasteiger partial charge is 0.337 e. The van der Waals surface area contributed by atoms with Gasteiger partial charge in [-0.3, -0.25) is 4.79 Å². The van der Waals surface area contributed by atoms with Gasteiger partial charge in [0.1, 0.15) is 18.2 Å². The van der Waals surface area contributed by atoms with E-state index in [2.05, 4.69) is 5.32 Å². The molecule has 3 aromatic carbocycles. The van der Waals surface area contributed by atoms with Gasteiger partial charge in [-0.05, 0) is 48.4 Å². The summed E-state index contributed by atoms with van der Waals surface area (Å²) in [5, 5.41) is 21.5. The van der Waals surface area contributed by atoms with Crippen molar-refractivity contribution in [2.75, 3.05) is 11.9 Å². The van der Waals surface area contributed by atoms with Crippen molar-refractivity contribution >= 4 is 35.2 Å². The number of hydrogen-bond donors (Lipinski definition) is 2. The summed E-state index contributed by atoms with van der Waals surface area (Å²) in [7, 11) is 0. The molecule has 0 aromatic heterocycles. The van der Waals surface area contributed by atoms with Crippen LogP contribution in [0.2, 0.25) is 5.02 Å². The van der Waals surface area contributed by atoms with Gasteiger partial charge >= 0.3 is 5.97 Å². The molecule has 7 nitrogen and oxygen atoms in total. The number of nitrogens with zero attached hydrogens (tertiary/aromatic N) is 1. The molecule has 0 unspecified atom stereocenters. The fourth-order valence-corrected chi connectivity index (χ4v) is 3.36. The van der Waals surface area contributed by atoms with Crippen molar-refractivity contribution in [3.8, 4) is 17.6 Å². The molecule has 0 saturated heterocycles. The number of aromatic carboxylic acids is 1. The predicted octanol–water partition coefficient (Wildman–Crippen LogP) is 5.56. The summed E-state index contributed by atoms with van der Waals surface area (Å²) in [4.78, 5) is 24.0. The molecule has 0 radical (unpaired) electrons. The van der Waals surface area contributed by atoms with E-state index in [0.717, 1.165) is 5.56 Å². The van der Waals surface area contributed by atoms with Gasteiger partial charge in [0.05, 0.1) is 22.9 Å². The lowest BCUT2D eigenvalue weighted by molar-refractivity contribution is -0.112. The molecular formula is C26H21ClN2O5. The Balaban J connectivity index is 1.87. The molecule has 3 rings (SSSR count). The Hall–Kier alpha value is -4.28. The summed E-state index contributed by atoms with van der Waals surface area (Å²) in [5.74, 6) is -1.23. The maximum atomic E-state index is 12.7. The average molecular weight is 477 g/mol. The molecule has 0 spiro atoms. The fourth-order valence-electron chi connectivity index (χ4n) is 3.09. The number of hydrogen-bond acceptors (Lipinski definition) is 5. The number of carboxylic acid groups (broad SMARTS) is 1. The number of nitriles is 1. The number of ether oxygens (including phenoxy) is 2. The molecule has 0 fully saturated rings. The number of rotatable bonds is 9. The second-order valence-electron chi connectivity index (χ2n) is 7.01. The van der Waals surface area contributed by atoms with Crippen molar-refractivity contribution in [1.29, 1.82) is 5.26 Å². The zero-order chi connectivity index (χ0) is 24.5. The second-order valence-corrected chi connectivity index (χ2v) is 7.42. The third kappa shape index (κ3) is 6.15. The lowest BCUT2D eigenvalue weighted by atomic mass is 10.1. The molecular weight excluding hydrogens is 456 g/mol. The minimum Gasteiger partial charge on any atom is -0.490 e. The first kappa shape index (κ1) is 24.4. The van der Waals surface area contributed by atoms with Gasteiger partial charge in [0, 0.05) is 0 Å². The topological polar surface area (TPSA) is 109 Å². The fraction of sp³-hybridized carbons (Fsp3) is 0.115. The van der Waals surface area contributed by atoms with Gasteiger partial charge in [0.25, 0.3) is 5.91 Å². The zero-order valence-corrected chi connectivity index (χ0v) is 19.0. The Morgan fingerprint density at radius 3 is 2.47 bits per heavy atom. The number of para-hydroxylation sites is 1. The molecule has 0 atom stereocenters. The highest BCUT2D eigenvalue weighted by Gasteiger charge is 2.17. The molecule has 2 N–H and O–H groups in total. The van der Waals surface area contributed by atoms with Crippen LogP contribution in [-0.4, -0.2) is 23.6 Å². The summed E-state index contributed by atoms with van der Waals surface area (Å²) < 4.78 is 11.6. The summed E-state index contributed by atoms with van der Waals surface area (Å²) >= 11 is 6.45. The van der Waals surface area contributed by atoms with Gasteiger partial charge in [0.2, 0.25) is 0 Å². The van der Waals surface area contributed by atoms with Crippen LogP contribution in [0.15, 0.2) is 72.3 Å². The van der Waals surface area contributed by atoms with Crippen LogP contribution in [0.1, 0.15) is 28.4 Å². The molecule has 3 aromatic rings. The highest BCUT2D eigenvalue weighted by molar-refractivity contribution is 6.32. The van der Waals surface area contributed by atoms with E-state index in [1.165, 1.54) is 18.2 Å². The minimum absolute atomic E-state index is 0.0823. The Labute approximate surface area is 201 Å². The van der Waals surface area contributed by atoms with E-state index in [-0.39, 0.29) is 28.5 Å². The number of benzene rings is 3. The van der Waals surface area contributed by atoms with Gasteiger partial charge < -0.3 is 19.9 Å². The summed E-state index contributed by atoms with van der Waals surface area (Å²) in [6.07, 6.45) is 1.34. The second kappa shape index (κ2) is 11.5. The van der Waals surface area contributed by atoms with Crippen LogP contribution >= 0.6 is 11.6 Å². The number of nitrogens with one attached hydrogen (secondary N) is 1. The molecule has 1 amide bonds. The standard InChI is InChI=1S/C26H21ClN2O5/c1-2-33-23-14-18(13-21(27)24(23)34-16-17-8-4-3-5-9-17)12-19(15-28)25(30)29-22-11-7-6-10-20(22)26(31)32/h3-14H,2,16H2,1H3,(H,29,30)(H,31,32)/b19-12+. The predicted molar refractivity (Wildman–Crippen MR) is 129 cm³/mol. The maximum absolute atomic E-state index is 12.7. The number of carbonyl (C=O) groups excluding carboxylic acids is 1. The Morgan fingerprint density at radius 1 is 1.09 bits per heavy atom. The van der Waals surface area contributed by atoms with Crippen LogP contribution in [0.25, 0.3) is 6.08 Å². The van der Waals surface area contributed by atoms with E-state index >= 15 is 0 Å². The maximum Gasteiger partial charge on any atom is 0.337 e. The average Bonchev–Trinajstić information content (AvgIpc) is 2.83. The summed E-state index contributed by atoms with van der Waals surface area (Å²) in [6, 6.07) is 20.5. The normalized spacial score (nSPS) is 10.8. The SMILES string of the molecule is CCOc1cc(/C=C(\C#N)C(=O)Nc2ccccc2C(=O)O)cc(Cl)c1OCc1ccccc1. The van der Waals surface area contributed by atoms with E-state index in [4.69, 9.17) is 21.1 Å². The molecule has 0 aliphatic heterocycles. The van der Waals surface area contributed by atoms with Gasteiger partial charge in [0.15, 0.2) is 11.5 Å². The summed E-state index contributed by atoms with van der Waals surface area (Å²) in [5.41, 5.74) is 1.15. The van der Waals surface area contributed by atoms with Crippen molar-refractivity contribution in [3.63, 3.8) is 0 Å². The van der Waals surface area contributed by atoms with Crippen LogP contribution in [-0.2, 0) is 11.4 Å². The molecule has 0 aliphatic rings. The molecule has 0 bridgehead atoms. The van der Waals surface area contributed by atoms with E-state index in [9.17, 15) is 20.0 Å². The van der Waals surface area contributed by atoms with Crippen molar-refractivity contribution in [1.82, 2.24) is 0 Å². The molecule has 8 heteroatoms. The molecule has 34 heavy (non-hydrogen) atoms. The lowest BCUT2D eigenvalue weighted by Gasteiger charge is -2.15. The largest absolute Gasteiger partial charge is 0.490 e. The lowest BCUT2D eigenvalue weighted by Crippen LogP contribution is -2.16. The van der Waals surface area contributed by atoms with Crippen molar-refractivity contribution in [2.24, 2.45) is 0 Å². The Bertz CT molecular complexity index is 1270. The van der Waals surface area contributed by atoms with Crippen LogP contribution in [0.5, 0.6) is 11.5 Å². The van der Waals surface area contributed by atoms with Crippen LogP contribution in [0.4, 0.5) is 5.69 Å². The molecule has 0 aliphatic carbocycles. The number of carbonyl (C=O) groups is 2. The Morgan fingerprint density at radius 2 is 1.79 bits per heavy atom. The van der Waals surface area contributed by atoms with Crippen LogP contribution in [0, 0.1) is 11.3 Å². The van der Waals surface area contributed by atoms with Crippen molar-refractivity contribution in [2.45, 2.75) is 13.5 Å². The number of anilines is 1. The first-order chi connectivity index (χ1) is 16.4. The number of halogens is 1. The molecule has 0 saturated carbocycles. The summed E-state index contributed by atoms with van der Waals surface area (Å²) in [6.45, 7) is 2.44. The number of amides is 1. The minimum atomic E-state index is -1.20. The van der Waals surface area contributed by atoms with E-state index in [0.29, 0.717) is 23.7 Å².